The first-order chi connectivity index (χ1) is 8.76. The maximum Gasteiger partial charge on any atom is 0.0992 e. The molecule has 3 nitrogen and oxygen atoms in total. The fourth-order valence-electron chi connectivity index (χ4n) is 3.08. The molecular formula is C14H16BrN3. The maximum atomic E-state index is 9.03. The molecule has 2 atom stereocenters. The summed E-state index contributed by atoms with van der Waals surface area (Å²) in [5, 5.41) is 12.6. The summed E-state index contributed by atoms with van der Waals surface area (Å²) < 4.78 is 0.986. The molecule has 3 rings (SSSR count). The van der Waals surface area contributed by atoms with Gasteiger partial charge in [-0.15, -0.1) is 0 Å². The van der Waals surface area contributed by atoms with Crippen molar-refractivity contribution in [1.82, 2.24) is 5.32 Å². The molecule has 2 unspecified atom stereocenters. The molecule has 0 amide bonds. The highest BCUT2D eigenvalue weighted by Gasteiger charge is 2.34. The van der Waals surface area contributed by atoms with Gasteiger partial charge in [0.2, 0.25) is 0 Å². The van der Waals surface area contributed by atoms with Crippen LogP contribution in [0.5, 0.6) is 0 Å². The number of nitrogens with one attached hydrogen (secondary N) is 1. The standard InChI is InChI=1S/C14H16BrN3/c15-12-4-10(7-16)5-13(6-12)18-8-11-2-1-3-17-14(11)9-18/h4-6,11,14,17H,1-3,8-9H2. The largest absolute Gasteiger partial charge is 0.370 e. The molecule has 0 aliphatic carbocycles. The lowest BCUT2D eigenvalue weighted by Crippen LogP contribution is -2.40. The molecule has 0 bridgehead atoms. The molecule has 1 aromatic rings. The van der Waals surface area contributed by atoms with Crippen molar-refractivity contribution in [3.63, 3.8) is 0 Å². The van der Waals surface area contributed by atoms with Crippen LogP contribution in [-0.4, -0.2) is 25.7 Å². The molecule has 0 aromatic heterocycles. The summed E-state index contributed by atoms with van der Waals surface area (Å²) in [5.41, 5.74) is 1.89. The number of nitriles is 1. The van der Waals surface area contributed by atoms with E-state index in [-0.39, 0.29) is 0 Å². The summed E-state index contributed by atoms with van der Waals surface area (Å²) in [6.07, 6.45) is 2.62. The van der Waals surface area contributed by atoms with E-state index in [0.29, 0.717) is 6.04 Å². The van der Waals surface area contributed by atoms with Gasteiger partial charge in [0.15, 0.2) is 0 Å². The Hall–Kier alpha value is -1.05. The minimum atomic E-state index is 0.628. The minimum Gasteiger partial charge on any atom is -0.370 e. The van der Waals surface area contributed by atoms with Crippen LogP contribution in [0.3, 0.4) is 0 Å². The molecule has 2 saturated heterocycles. The van der Waals surface area contributed by atoms with Crippen molar-refractivity contribution in [2.24, 2.45) is 5.92 Å². The van der Waals surface area contributed by atoms with E-state index in [1.165, 1.54) is 12.8 Å². The van der Waals surface area contributed by atoms with Crippen LogP contribution < -0.4 is 10.2 Å². The van der Waals surface area contributed by atoms with Crippen LogP contribution in [0.1, 0.15) is 18.4 Å². The Bertz CT molecular complexity index is 480. The Morgan fingerprint density at radius 3 is 3.00 bits per heavy atom. The minimum absolute atomic E-state index is 0.628. The Morgan fingerprint density at radius 2 is 2.22 bits per heavy atom. The van der Waals surface area contributed by atoms with Crippen LogP contribution in [-0.2, 0) is 0 Å². The lowest BCUT2D eigenvalue weighted by atomic mass is 9.94. The average Bonchev–Trinajstić information content (AvgIpc) is 2.81. The zero-order chi connectivity index (χ0) is 12.5. The average molecular weight is 306 g/mol. The van der Waals surface area contributed by atoms with Crippen LogP contribution >= 0.6 is 15.9 Å². The highest BCUT2D eigenvalue weighted by molar-refractivity contribution is 9.10. The second-order valence-corrected chi connectivity index (χ2v) is 6.09. The fraction of sp³-hybridized carbons (Fsp3) is 0.500. The van der Waals surface area contributed by atoms with Gasteiger partial charge in [0.25, 0.3) is 0 Å². The molecule has 1 aromatic carbocycles. The van der Waals surface area contributed by atoms with E-state index in [0.717, 1.165) is 41.3 Å². The molecule has 4 heteroatoms. The third kappa shape index (κ3) is 2.25. The van der Waals surface area contributed by atoms with E-state index in [9.17, 15) is 0 Å². The predicted octanol–water partition coefficient (Wildman–Crippen LogP) is 2.51. The van der Waals surface area contributed by atoms with E-state index in [4.69, 9.17) is 5.26 Å². The molecule has 18 heavy (non-hydrogen) atoms. The number of fused-ring (bicyclic) bond motifs is 1. The first-order valence-electron chi connectivity index (χ1n) is 6.45. The number of benzene rings is 1. The zero-order valence-corrected chi connectivity index (χ0v) is 11.8. The fourth-order valence-corrected chi connectivity index (χ4v) is 3.56. The van der Waals surface area contributed by atoms with E-state index >= 15 is 0 Å². The highest BCUT2D eigenvalue weighted by atomic mass is 79.9. The van der Waals surface area contributed by atoms with Gasteiger partial charge >= 0.3 is 0 Å². The number of anilines is 1. The first-order valence-corrected chi connectivity index (χ1v) is 7.24. The number of hydrogen-bond donors (Lipinski definition) is 1. The van der Waals surface area contributed by atoms with Crippen molar-refractivity contribution >= 4 is 21.6 Å². The van der Waals surface area contributed by atoms with Gasteiger partial charge in [0.1, 0.15) is 0 Å². The molecule has 1 N–H and O–H groups in total. The maximum absolute atomic E-state index is 9.03. The topological polar surface area (TPSA) is 39.1 Å². The smallest absolute Gasteiger partial charge is 0.0992 e. The molecule has 2 aliphatic rings. The molecular weight excluding hydrogens is 290 g/mol. The Balaban J connectivity index is 1.83. The second-order valence-electron chi connectivity index (χ2n) is 5.18. The van der Waals surface area contributed by atoms with Crippen LogP contribution in [0.25, 0.3) is 0 Å². The first kappa shape index (κ1) is 12.0. The molecule has 0 saturated carbocycles. The summed E-state index contributed by atoms with van der Waals surface area (Å²) in [6.45, 7) is 3.32. The number of halogens is 1. The number of rotatable bonds is 1. The third-order valence-electron chi connectivity index (χ3n) is 3.98. The summed E-state index contributed by atoms with van der Waals surface area (Å²) in [4.78, 5) is 2.40. The van der Waals surface area contributed by atoms with Gasteiger partial charge in [-0.3, -0.25) is 0 Å². The number of nitrogens with zero attached hydrogens (tertiary/aromatic N) is 2. The Labute approximate surface area is 116 Å². The van der Waals surface area contributed by atoms with Crippen molar-refractivity contribution in [2.45, 2.75) is 18.9 Å². The third-order valence-corrected chi connectivity index (χ3v) is 4.43. The summed E-state index contributed by atoms with van der Waals surface area (Å²) in [5.74, 6) is 0.767. The Morgan fingerprint density at radius 1 is 1.33 bits per heavy atom. The van der Waals surface area contributed by atoms with E-state index in [2.05, 4.69) is 38.3 Å². The van der Waals surface area contributed by atoms with Gasteiger partial charge in [-0.25, -0.2) is 0 Å². The molecule has 94 valence electrons. The number of hydrogen-bond acceptors (Lipinski definition) is 3. The molecule has 0 radical (unpaired) electrons. The zero-order valence-electron chi connectivity index (χ0n) is 10.2. The predicted molar refractivity (Wildman–Crippen MR) is 75.6 cm³/mol. The van der Waals surface area contributed by atoms with Gasteiger partial charge in [0, 0.05) is 29.3 Å². The monoisotopic (exact) mass is 305 g/mol. The van der Waals surface area contributed by atoms with Gasteiger partial charge < -0.3 is 10.2 Å². The SMILES string of the molecule is N#Cc1cc(Br)cc(N2CC3CCCNC3C2)c1. The lowest BCUT2D eigenvalue weighted by Gasteiger charge is -2.24. The van der Waals surface area contributed by atoms with Crippen molar-refractivity contribution < 1.29 is 0 Å². The summed E-state index contributed by atoms with van der Waals surface area (Å²) in [7, 11) is 0. The van der Waals surface area contributed by atoms with Crippen LogP contribution in [0.4, 0.5) is 5.69 Å². The highest BCUT2D eigenvalue weighted by Crippen LogP contribution is 2.31. The van der Waals surface area contributed by atoms with Crippen molar-refractivity contribution in [3.8, 4) is 6.07 Å². The van der Waals surface area contributed by atoms with Crippen LogP contribution in [0, 0.1) is 17.2 Å². The van der Waals surface area contributed by atoms with Gasteiger partial charge in [-0.1, -0.05) is 15.9 Å². The van der Waals surface area contributed by atoms with Crippen molar-refractivity contribution in [3.05, 3.63) is 28.2 Å². The lowest BCUT2D eigenvalue weighted by molar-refractivity contribution is 0.340. The molecule has 2 aliphatic heterocycles. The van der Waals surface area contributed by atoms with Gasteiger partial charge in [0.05, 0.1) is 11.6 Å². The van der Waals surface area contributed by atoms with Gasteiger partial charge in [-0.05, 0) is 43.5 Å². The van der Waals surface area contributed by atoms with E-state index in [1.807, 2.05) is 12.1 Å². The van der Waals surface area contributed by atoms with Crippen molar-refractivity contribution in [1.29, 1.82) is 5.26 Å². The van der Waals surface area contributed by atoms with Crippen LogP contribution in [0.15, 0.2) is 22.7 Å². The van der Waals surface area contributed by atoms with Crippen LogP contribution in [0.2, 0.25) is 0 Å². The molecule has 2 fully saturated rings. The van der Waals surface area contributed by atoms with E-state index in [1.54, 1.807) is 0 Å². The van der Waals surface area contributed by atoms with E-state index < -0.39 is 0 Å². The molecule has 2 heterocycles. The second kappa shape index (κ2) is 4.91. The Kier molecular flexibility index (Phi) is 3.27. The summed E-state index contributed by atoms with van der Waals surface area (Å²) >= 11 is 3.48. The molecule has 0 spiro atoms. The summed E-state index contributed by atoms with van der Waals surface area (Å²) in [6, 6.07) is 8.81. The normalized spacial score (nSPS) is 26.8. The number of piperidine rings is 1. The van der Waals surface area contributed by atoms with Crippen molar-refractivity contribution in [2.75, 3.05) is 24.5 Å². The van der Waals surface area contributed by atoms with Gasteiger partial charge in [-0.2, -0.15) is 5.26 Å². The quantitative estimate of drug-likeness (QED) is 0.866.